The number of para-hydroxylation sites is 1. The molecule has 13 heavy (non-hydrogen) atoms. The summed E-state index contributed by atoms with van der Waals surface area (Å²) < 4.78 is 5.14. The van der Waals surface area contributed by atoms with Crippen LogP contribution in [0.1, 0.15) is 13.8 Å². The van der Waals surface area contributed by atoms with Crippen molar-refractivity contribution < 1.29 is 4.52 Å². The molecule has 0 amide bonds. The third kappa shape index (κ3) is 1.49. The maximum absolute atomic E-state index is 5.14. The van der Waals surface area contributed by atoms with E-state index in [1.807, 2.05) is 24.3 Å². The summed E-state index contributed by atoms with van der Waals surface area (Å²) >= 11 is 0. The van der Waals surface area contributed by atoms with Crippen molar-refractivity contribution in [2.24, 2.45) is 0 Å². The van der Waals surface area contributed by atoms with Crippen molar-refractivity contribution in [3.05, 3.63) is 24.3 Å². The van der Waals surface area contributed by atoms with Crippen LogP contribution in [-0.2, 0) is 0 Å². The lowest BCUT2D eigenvalue weighted by Gasteiger charge is -2.04. The van der Waals surface area contributed by atoms with Gasteiger partial charge in [-0.05, 0) is 26.0 Å². The topological polar surface area (TPSA) is 38.1 Å². The standard InChI is InChI=1S/C10H12N2O/c1-7(2)11-10-8-5-3-4-6-9(8)13-12-10/h3-7H,1-2H3,(H,11,12). The molecule has 0 aliphatic carbocycles. The first-order chi connectivity index (χ1) is 6.27. The largest absolute Gasteiger partial charge is 0.365 e. The van der Waals surface area contributed by atoms with Gasteiger partial charge in [-0.2, -0.15) is 0 Å². The molecule has 0 unspecified atom stereocenters. The summed E-state index contributed by atoms with van der Waals surface area (Å²) in [6, 6.07) is 8.19. The second kappa shape index (κ2) is 3.09. The van der Waals surface area contributed by atoms with Crippen molar-refractivity contribution in [3.63, 3.8) is 0 Å². The zero-order chi connectivity index (χ0) is 9.26. The van der Waals surface area contributed by atoms with Crippen molar-refractivity contribution in [1.29, 1.82) is 0 Å². The highest BCUT2D eigenvalue weighted by atomic mass is 16.5. The molecule has 0 fully saturated rings. The number of nitrogens with zero attached hydrogens (tertiary/aromatic N) is 1. The fraction of sp³-hybridized carbons (Fsp3) is 0.300. The number of rotatable bonds is 2. The molecule has 2 aromatic rings. The van der Waals surface area contributed by atoms with E-state index in [2.05, 4.69) is 24.3 Å². The minimum atomic E-state index is 0.369. The van der Waals surface area contributed by atoms with E-state index in [-0.39, 0.29) is 0 Å². The van der Waals surface area contributed by atoms with E-state index in [9.17, 15) is 0 Å². The molecule has 1 aromatic carbocycles. The second-order valence-corrected chi connectivity index (χ2v) is 3.33. The SMILES string of the molecule is CC(C)Nc1noc2ccccc12. The van der Waals surface area contributed by atoms with Crippen LogP contribution in [0.15, 0.2) is 28.8 Å². The zero-order valence-electron chi connectivity index (χ0n) is 7.74. The zero-order valence-corrected chi connectivity index (χ0v) is 7.74. The van der Waals surface area contributed by atoms with Gasteiger partial charge in [-0.1, -0.05) is 17.3 Å². The van der Waals surface area contributed by atoms with Gasteiger partial charge >= 0.3 is 0 Å². The number of nitrogens with one attached hydrogen (secondary N) is 1. The molecule has 1 heterocycles. The highest BCUT2D eigenvalue weighted by Gasteiger charge is 2.06. The average molecular weight is 176 g/mol. The van der Waals surface area contributed by atoms with Gasteiger partial charge < -0.3 is 9.84 Å². The first kappa shape index (κ1) is 8.10. The Morgan fingerprint density at radius 1 is 1.31 bits per heavy atom. The van der Waals surface area contributed by atoms with Gasteiger partial charge in [0.15, 0.2) is 11.4 Å². The van der Waals surface area contributed by atoms with Crippen molar-refractivity contribution in [2.75, 3.05) is 5.32 Å². The van der Waals surface area contributed by atoms with Crippen molar-refractivity contribution in [1.82, 2.24) is 5.16 Å². The fourth-order valence-corrected chi connectivity index (χ4v) is 1.26. The molecule has 2 rings (SSSR count). The van der Waals surface area contributed by atoms with E-state index in [0.717, 1.165) is 16.8 Å². The Labute approximate surface area is 76.7 Å². The highest BCUT2D eigenvalue weighted by molar-refractivity contribution is 5.87. The maximum atomic E-state index is 5.14. The van der Waals surface area contributed by atoms with Gasteiger partial charge in [-0.25, -0.2) is 0 Å². The number of aromatic nitrogens is 1. The van der Waals surface area contributed by atoms with Crippen LogP contribution in [0, 0.1) is 0 Å². The Morgan fingerprint density at radius 3 is 2.85 bits per heavy atom. The lowest BCUT2D eigenvalue weighted by molar-refractivity contribution is 0.458. The monoisotopic (exact) mass is 176 g/mol. The predicted octanol–water partition coefficient (Wildman–Crippen LogP) is 2.65. The van der Waals surface area contributed by atoms with Gasteiger partial charge in [-0.15, -0.1) is 0 Å². The van der Waals surface area contributed by atoms with Gasteiger partial charge in [0.05, 0.1) is 5.39 Å². The van der Waals surface area contributed by atoms with Crippen LogP contribution in [0.5, 0.6) is 0 Å². The molecule has 3 nitrogen and oxygen atoms in total. The Kier molecular flexibility index (Phi) is 1.93. The first-order valence-corrected chi connectivity index (χ1v) is 4.38. The molecule has 3 heteroatoms. The van der Waals surface area contributed by atoms with Crippen molar-refractivity contribution in [2.45, 2.75) is 19.9 Å². The molecule has 0 saturated carbocycles. The Bertz CT molecular complexity index is 406. The van der Waals surface area contributed by atoms with Gasteiger partial charge in [-0.3, -0.25) is 0 Å². The Morgan fingerprint density at radius 2 is 2.08 bits per heavy atom. The third-order valence-corrected chi connectivity index (χ3v) is 1.80. The lowest BCUT2D eigenvalue weighted by Crippen LogP contribution is -2.09. The summed E-state index contributed by atoms with van der Waals surface area (Å²) in [6.07, 6.45) is 0. The Balaban J connectivity index is 2.46. The van der Waals surface area contributed by atoms with Gasteiger partial charge in [0.2, 0.25) is 0 Å². The number of anilines is 1. The van der Waals surface area contributed by atoms with Crippen LogP contribution < -0.4 is 5.32 Å². The summed E-state index contributed by atoms with van der Waals surface area (Å²) in [4.78, 5) is 0. The fourth-order valence-electron chi connectivity index (χ4n) is 1.26. The van der Waals surface area contributed by atoms with E-state index in [4.69, 9.17) is 4.52 Å². The summed E-state index contributed by atoms with van der Waals surface area (Å²) in [5.41, 5.74) is 0.825. The molecule has 0 bridgehead atoms. The molecular weight excluding hydrogens is 164 g/mol. The highest BCUT2D eigenvalue weighted by Crippen LogP contribution is 2.22. The number of hydrogen-bond acceptors (Lipinski definition) is 3. The summed E-state index contributed by atoms with van der Waals surface area (Å²) in [5, 5.41) is 8.21. The van der Waals surface area contributed by atoms with E-state index in [1.165, 1.54) is 0 Å². The summed E-state index contributed by atoms with van der Waals surface area (Å²) in [5.74, 6) is 0.825. The van der Waals surface area contributed by atoms with Gasteiger partial charge in [0.1, 0.15) is 0 Å². The maximum Gasteiger partial charge on any atom is 0.177 e. The van der Waals surface area contributed by atoms with Crippen LogP contribution >= 0.6 is 0 Å². The van der Waals surface area contributed by atoms with Crippen LogP contribution in [0.25, 0.3) is 11.0 Å². The van der Waals surface area contributed by atoms with E-state index in [1.54, 1.807) is 0 Å². The van der Waals surface area contributed by atoms with Crippen molar-refractivity contribution in [3.8, 4) is 0 Å². The van der Waals surface area contributed by atoms with E-state index in [0.29, 0.717) is 6.04 Å². The number of hydrogen-bond donors (Lipinski definition) is 1. The first-order valence-electron chi connectivity index (χ1n) is 4.38. The number of fused-ring (bicyclic) bond motifs is 1. The minimum absolute atomic E-state index is 0.369. The molecule has 0 radical (unpaired) electrons. The molecule has 68 valence electrons. The molecule has 0 aliphatic heterocycles. The Hall–Kier alpha value is -1.51. The normalized spacial score (nSPS) is 11.0. The number of benzene rings is 1. The van der Waals surface area contributed by atoms with E-state index >= 15 is 0 Å². The minimum Gasteiger partial charge on any atom is -0.365 e. The molecule has 0 saturated heterocycles. The molecule has 1 aromatic heterocycles. The molecule has 0 aliphatic rings. The summed E-state index contributed by atoms with van der Waals surface area (Å²) in [7, 11) is 0. The predicted molar refractivity (Wildman–Crippen MR) is 52.8 cm³/mol. The second-order valence-electron chi connectivity index (χ2n) is 3.33. The van der Waals surface area contributed by atoms with Gasteiger partial charge in [0.25, 0.3) is 0 Å². The van der Waals surface area contributed by atoms with E-state index < -0.39 is 0 Å². The molecule has 1 N–H and O–H groups in total. The summed E-state index contributed by atoms with van der Waals surface area (Å²) in [6.45, 7) is 4.15. The van der Waals surface area contributed by atoms with Crippen LogP contribution in [-0.4, -0.2) is 11.2 Å². The smallest absolute Gasteiger partial charge is 0.177 e. The lowest BCUT2D eigenvalue weighted by atomic mass is 10.2. The van der Waals surface area contributed by atoms with Crippen molar-refractivity contribution >= 4 is 16.8 Å². The quantitative estimate of drug-likeness (QED) is 0.764. The van der Waals surface area contributed by atoms with Crippen LogP contribution in [0.3, 0.4) is 0 Å². The van der Waals surface area contributed by atoms with Gasteiger partial charge in [0, 0.05) is 6.04 Å². The average Bonchev–Trinajstić information content (AvgIpc) is 2.48. The van der Waals surface area contributed by atoms with Crippen LogP contribution in [0.4, 0.5) is 5.82 Å². The molecule has 0 atom stereocenters. The molecular formula is C10H12N2O. The third-order valence-electron chi connectivity index (χ3n) is 1.80. The van der Waals surface area contributed by atoms with Crippen LogP contribution in [0.2, 0.25) is 0 Å². The molecule has 0 spiro atoms.